The summed E-state index contributed by atoms with van der Waals surface area (Å²) in [6.45, 7) is -0.787. The molecule has 1 unspecified atom stereocenters. The first-order chi connectivity index (χ1) is 15.6. The molecule has 0 aliphatic rings. The van der Waals surface area contributed by atoms with Gasteiger partial charge in [0.15, 0.2) is 6.04 Å². The summed E-state index contributed by atoms with van der Waals surface area (Å²) in [6, 6.07) is -3.21. The number of halogens is 3. The van der Waals surface area contributed by atoms with Crippen molar-refractivity contribution in [1.29, 1.82) is 0 Å². The van der Waals surface area contributed by atoms with Gasteiger partial charge in [-0.05, 0) is 74.7 Å². The molecule has 0 saturated heterocycles. The summed E-state index contributed by atoms with van der Waals surface area (Å²) in [5.41, 5.74) is -0.0200. The number of nitrogens with zero attached hydrogens (tertiary/aromatic N) is 2. The van der Waals surface area contributed by atoms with Gasteiger partial charge in [0.2, 0.25) is 0 Å². The Morgan fingerprint density at radius 2 is 1.30 bits per heavy atom. The van der Waals surface area contributed by atoms with Crippen molar-refractivity contribution < 1.29 is 29.7 Å². The number of benzene rings is 1. The average Bonchev–Trinajstić information content (AvgIpc) is 2.78. The van der Waals surface area contributed by atoms with Crippen LogP contribution in [-0.4, -0.2) is 77.5 Å². The normalized spacial score (nSPS) is 12.6. The van der Waals surface area contributed by atoms with Gasteiger partial charge in [-0.15, -0.1) is 4.91 Å². The predicted molar refractivity (Wildman–Crippen MR) is 143 cm³/mol. The molecular weight excluding hydrogens is 783 g/mol. The number of rotatable bonds is 12. The molecule has 33 heavy (non-hydrogen) atoms. The van der Waals surface area contributed by atoms with Crippen LogP contribution in [0.2, 0.25) is 0 Å². The Hall–Kier alpha value is -1.10. The van der Waals surface area contributed by atoms with Gasteiger partial charge in [0, 0.05) is 3.57 Å². The van der Waals surface area contributed by atoms with Gasteiger partial charge in [0.25, 0.3) is 17.7 Å². The van der Waals surface area contributed by atoms with Crippen LogP contribution in [0.5, 0.6) is 0 Å². The first kappa shape index (κ1) is 29.9. The van der Waals surface area contributed by atoms with Gasteiger partial charge in [-0.1, -0.05) is 10.4 Å². The minimum absolute atomic E-state index is 0.0373. The maximum atomic E-state index is 13.0. The lowest BCUT2D eigenvalue weighted by Gasteiger charge is -2.22. The van der Waals surface area contributed by atoms with Crippen LogP contribution in [0.4, 0.5) is 5.69 Å². The van der Waals surface area contributed by atoms with Gasteiger partial charge in [-0.2, -0.15) is 4.91 Å². The first-order valence-electron chi connectivity index (χ1n) is 9.14. The van der Waals surface area contributed by atoms with E-state index in [-0.39, 0.29) is 27.5 Å². The number of nitrogens with one attached hydrogen (secondary N) is 3. The number of amides is 3. The van der Waals surface area contributed by atoms with E-state index < -0.39 is 62.2 Å². The largest absolute Gasteiger partial charge is 0.394 e. The smallest absolute Gasteiger partial charge is 0.253 e. The number of nitroso groups, excluding NO2 is 2. The van der Waals surface area contributed by atoms with Gasteiger partial charge in [0.05, 0.1) is 55.9 Å². The summed E-state index contributed by atoms with van der Waals surface area (Å²) >= 11 is 5.33. The van der Waals surface area contributed by atoms with E-state index in [2.05, 4.69) is 26.3 Å². The highest BCUT2D eigenvalue weighted by atomic mass is 127. The van der Waals surface area contributed by atoms with Crippen LogP contribution in [0, 0.1) is 20.5 Å². The highest BCUT2D eigenvalue weighted by molar-refractivity contribution is 14.1. The number of anilines is 1. The van der Waals surface area contributed by atoms with Crippen molar-refractivity contribution in [3.05, 3.63) is 31.7 Å². The van der Waals surface area contributed by atoms with E-state index in [1.165, 1.54) is 6.92 Å². The molecule has 0 heterocycles. The summed E-state index contributed by atoms with van der Waals surface area (Å²) in [5, 5.41) is 40.6. The summed E-state index contributed by atoms with van der Waals surface area (Å²) < 4.78 is 0.615. The number of carbonyl (C=O) groups is 3. The first-order valence-corrected chi connectivity index (χ1v) is 12.4. The van der Waals surface area contributed by atoms with Crippen molar-refractivity contribution in [2.24, 2.45) is 10.4 Å². The van der Waals surface area contributed by atoms with Crippen LogP contribution in [0.15, 0.2) is 10.4 Å². The summed E-state index contributed by atoms with van der Waals surface area (Å²) in [5.74, 6) is -2.27. The lowest BCUT2D eigenvalue weighted by Crippen LogP contribution is -2.42. The Kier molecular flexibility index (Phi) is 13.0. The van der Waals surface area contributed by atoms with E-state index in [1.54, 1.807) is 67.8 Å². The van der Waals surface area contributed by atoms with Crippen molar-refractivity contribution >= 4 is 91.2 Å². The second-order valence-electron chi connectivity index (χ2n) is 6.54. The fourth-order valence-electron chi connectivity index (χ4n) is 2.35. The van der Waals surface area contributed by atoms with Crippen molar-refractivity contribution in [1.82, 2.24) is 10.6 Å². The SMILES string of the molecule is C[C@H](N=O)C(=O)Nc1c(I)c(C(=O)NC(CO)CO)c(I)c(C(=O)NC(CO)CN=O)c1I. The Bertz CT molecular complexity index is 929. The molecule has 0 aliphatic heterocycles. The molecule has 0 radical (unpaired) electrons. The van der Waals surface area contributed by atoms with E-state index in [9.17, 15) is 39.5 Å². The van der Waals surface area contributed by atoms with E-state index in [4.69, 9.17) is 0 Å². The van der Waals surface area contributed by atoms with Crippen LogP contribution >= 0.6 is 67.8 Å². The van der Waals surface area contributed by atoms with Crippen LogP contribution in [0.1, 0.15) is 27.6 Å². The molecule has 16 heteroatoms. The molecular formula is C17H20I3N5O8. The summed E-state index contributed by atoms with van der Waals surface area (Å²) in [4.78, 5) is 59.6. The standard InChI is InChI=1S/C17H20I3N5O8/c1-6(25-33)15(29)24-14-12(19)9(16(30)22-7(3-26)2-21-32)11(18)10(13(14)20)17(31)23-8(4-27)5-28/h6-8,26-28H,2-5H2,1H3,(H,22,30)(H,23,31)(H,24,29)/t6-,7?/m0/s1. The molecule has 1 aromatic rings. The molecule has 0 bridgehead atoms. The van der Waals surface area contributed by atoms with Gasteiger partial charge in [-0.3, -0.25) is 14.4 Å². The van der Waals surface area contributed by atoms with Crippen molar-refractivity contribution in [2.45, 2.75) is 25.0 Å². The van der Waals surface area contributed by atoms with E-state index in [1.807, 2.05) is 0 Å². The fourth-order valence-corrected chi connectivity index (χ4v) is 6.77. The van der Waals surface area contributed by atoms with Crippen LogP contribution in [0.25, 0.3) is 0 Å². The topological polar surface area (TPSA) is 207 Å². The Morgan fingerprint density at radius 1 is 0.848 bits per heavy atom. The molecule has 13 nitrogen and oxygen atoms in total. The van der Waals surface area contributed by atoms with Gasteiger partial charge in [0.1, 0.15) is 6.54 Å². The van der Waals surface area contributed by atoms with Crippen molar-refractivity contribution in [3.8, 4) is 0 Å². The monoisotopic (exact) mass is 803 g/mol. The Morgan fingerprint density at radius 3 is 1.70 bits per heavy atom. The van der Waals surface area contributed by atoms with Crippen molar-refractivity contribution in [2.75, 3.05) is 31.7 Å². The van der Waals surface area contributed by atoms with Crippen molar-refractivity contribution in [3.63, 3.8) is 0 Å². The third-order valence-corrected chi connectivity index (χ3v) is 7.42. The maximum Gasteiger partial charge on any atom is 0.253 e. The second kappa shape index (κ2) is 14.3. The Balaban J connectivity index is 3.68. The van der Waals surface area contributed by atoms with Gasteiger partial charge >= 0.3 is 0 Å². The average molecular weight is 803 g/mol. The summed E-state index contributed by atoms with van der Waals surface area (Å²) in [7, 11) is 0. The lowest BCUT2D eigenvalue weighted by atomic mass is 10.1. The molecule has 0 aromatic heterocycles. The van der Waals surface area contributed by atoms with Gasteiger partial charge < -0.3 is 31.3 Å². The number of hydrogen-bond donors (Lipinski definition) is 6. The molecule has 1 rings (SSSR count). The third kappa shape index (κ3) is 7.70. The molecule has 1 aromatic carbocycles. The number of carbonyl (C=O) groups excluding carboxylic acids is 3. The summed E-state index contributed by atoms with van der Waals surface area (Å²) in [6.07, 6.45) is 0. The zero-order valence-corrected chi connectivity index (χ0v) is 23.4. The molecule has 182 valence electrons. The zero-order valence-electron chi connectivity index (χ0n) is 17.0. The second-order valence-corrected chi connectivity index (χ2v) is 9.77. The molecule has 2 atom stereocenters. The van der Waals surface area contributed by atoms with E-state index in [0.717, 1.165) is 0 Å². The van der Waals surface area contributed by atoms with E-state index >= 15 is 0 Å². The fraction of sp³-hybridized carbons (Fsp3) is 0.471. The number of aliphatic hydroxyl groups is 3. The molecule has 0 aliphatic carbocycles. The minimum Gasteiger partial charge on any atom is -0.394 e. The van der Waals surface area contributed by atoms with E-state index in [0.29, 0.717) is 0 Å². The molecule has 3 amide bonds. The number of hydrogen-bond acceptors (Lipinski definition) is 10. The minimum atomic E-state index is -1.25. The van der Waals surface area contributed by atoms with Crippen LogP contribution in [-0.2, 0) is 4.79 Å². The predicted octanol–water partition coefficient (Wildman–Crippen LogP) is 0.534. The quantitative estimate of drug-likeness (QED) is 0.130. The van der Waals surface area contributed by atoms with Crippen LogP contribution < -0.4 is 16.0 Å². The third-order valence-electron chi connectivity index (χ3n) is 4.18. The molecule has 6 N–H and O–H groups in total. The Labute approximate surface area is 228 Å². The van der Waals surface area contributed by atoms with Crippen LogP contribution in [0.3, 0.4) is 0 Å². The van der Waals surface area contributed by atoms with Gasteiger partial charge in [-0.25, -0.2) is 0 Å². The lowest BCUT2D eigenvalue weighted by molar-refractivity contribution is -0.117. The highest BCUT2D eigenvalue weighted by Gasteiger charge is 2.30. The number of aliphatic hydroxyl groups excluding tert-OH is 3. The maximum absolute atomic E-state index is 13.0. The molecule has 0 spiro atoms. The highest BCUT2D eigenvalue weighted by Crippen LogP contribution is 2.36. The molecule has 0 fully saturated rings. The molecule has 0 saturated carbocycles. The zero-order chi connectivity index (χ0) is 25.3.